The number of ether oxygens (including phenoxy) is 1. The van der Waals surface area contributed by atoms with E-state index in [-0.39, 0.29) is 24.8 Å². The maximum Gasteiger partial charge on any atom is 0.124 e. The molecule has 0 aromatic heterocycles. The molecule has 0 unspecified atom stereocenters. The van der Waals surface area contributed by atoms with E-state index >= 15 is 0 Å². The zero-order valence-corrected chi connectivity index (χ0v) is 17.5. The molecule has 3 aliphatic rings. The van der Waals surface area contributed by atoms with Gasteiger partial charge in [-0.1, -0.05) is 42.5 Å². The number of nitrogens with zero attached hydrogens (tertiary/aromatic N) is 1. The first-order valence-corrected chi connectivity index (χ1v) is 9.49. The number of piperidine rings is 1. The predicted octanol–water partition coefficient (Wildman–Crippen LogP) is 4.60. The number of halogens is 2. The molecule has 3 heterocycles. The van der Waals surface area contributed by atoms with Crippen LogP contribution in [0.3, 0.4) is 0 Å². The van der Waals surface area contributed by atoms with E-state index in [2.05, 4.69) is 65.7 Å². The summed E-state index contributed by atoms with van der Waals surface area (Å²) in [7, 11) is 0. The van der Waals surface area contributed by atoms with Gasteiger partial charge in [0.1, 0.15) is 12.4 Å². The molecule has 148 valence electrons. The van der Waals surface area contributed by atoms with Gasteiger partial charge in [0, 0.05) is 31.2 Å². The van der Waals surface area contributed by atoms with Crippen LogP contribution in [0.25, 0.3) is 0 Å². The number of rotatable bonds is 5. The Morgan fingerprint density at radius 2 is 1.70 bits per heavy atom. The molecule has 3 fully saturated rings. The van der Waals surface area contributed by atoms with E-state index < -0.39 is 0 Å². The first kappa shape index (κ1) is 22.0. The normalized spacial score (nSPS) is 21.7. The standard InChI is InChI=1S/C22H28N2O.2ClH/c1-17-6-2-3-8-20(17)16-25-22-9-5-4-7-19(22)15-24-14-18-10-11-21(24)13-23-12-18;;/h2-9,18,21,23H,10-16H2,1H3;2*1H/t18-,21+;;/m1../s1. The minimum absolute atomic E-state index is 0. The maximum atomic E-state index is 6.21. The molecule has 2 bridgehead atoms. The highest BCUT2D eigenvalue weighted by molar-refractivity contribution is 5.85. The van der Waals surface area contributed by atoms with Crippen LogP contribution in [0.4, 0.5) is 0 Å². The Morgan fingerprint density at radius 3 is 2.52 bits per heavy atom. The molecule has 0 spiro atoms. The Hall–Kier alpha value is -1.26. The van der Waals surface area contributed by atoms with Crippen molar-refractivity contribution in [3.05, 3.63) is 65.2 Å². The Balaban J connectivity index is 0.00000131. The molecule has 3 aliphatic heterocycles. The molecule has 3 saturated heterocycles. The van der Waals surface area contributed by atoms with Crippen LogP contribution >= 0.6 is 24.8 Å². The first-order valence-electron chi connectivity index (χ1n) is 9.49. The molecule has 0 amide bonds. The van der Waals surface area contributed by atoms with Crippen LogP contribution in [0.1, 0.15) is 29.5 Å². The lowest BCUT2D eigenvalue weighted by Crippen LogP contribution is -2.43. The van der Waals surface area contributed by atoms with Crippen molar-refractivity contribution < 1.29 is 4.74 Å². The van der Waals surface area contributed by atoms with Crippen LogP contribution in [0, 0.1) is 12.8 Å². The summed E-state index contributed by atoms with van der Waals surface area (Å²) < 4.78 is 6.21. The van der Waals surface area contributed by atoms with Crippen molar-refractivity contribution >= 4 is 24.8 Å². The minimum atomic E-state index is 0. The van der Waals surface area contributed by atoms with Gasteiger partial charge in [-0.3, -0.25) is 4.90 Å². The van der Waals surface area contributed by atoms with Crippen LogP contribution in [0.15, 0.2) is 48.5 Å². The van der Waals surface area contributed by atoms with E-state index in [1.807, 2.05) is 0 Å². The molecule has 0 aliphatic carbocycles. The molecule has 5 heteroatoms. The Bertz CT molecular complexity index is 721. The van der Waals surface area contributed by atoms with E-state index in [4.69, 9.17) is 4.74 Å². The fraction of sp³-hybridized carbons (Fsp3) is 0.455. The molecular formula is C22H30Cl2N2O. The molecule has 2 atom stereocenters. The Kier molecular flexibility index (Phi) is 8.43. The zero-order valence-electron chi connectivity index (χ0n) is 15.9. The van der Waals surface area contributed by atoms with Crippen LogP contribution in [-0.4, -0.2) is 30.6 Å². The SMILES string of the molecule is Cc1ccccc1COc1ccccc1CN1C[C@@H]2CC[C@H]1CNC2.Cl.Cl. The fourth-order valence-electron chi connectivity index (χ4n) is 4.15. The van der Waals surface area contributed by atoms with E-state index in [9.17, 15) is 0 Å². The smallest absolute Gasteiger partial charge is 0.124 e. The molecule has 5 rings (SSSR count). The number of hydrogen-bond acceptors (Lipinski definition) is 3. The molecule has 1 N–H and O–H groups in total. The predicted molar refractivity (Wildman–Crippen MR) is 116 cm³/mol. The number of nitrogens with one attached hydrogen (secondary N) is 1. The van der Waals surface area contributed by atoms with Gasteiger partial charge in [0.2, 0.25) is 0 Å². The van der Waals surface area contributed by atoms with Gasteiger partial charge in [0.05, 0.1) is 0 Å². The summed E-state index contributed by atoms with van der Waals surface area (Å²) in [6.45, 7) is 7.29. The Labute approximate surface area is 175 Å². The minimum Gasteiger partial charge on any atom is -0.489 e. The Morgan fingerprint density at radius 1 is 0.963 bits per heavy atom. The monoisotopic (exact) mass is 408 g/mol. The second-order valence-electron chi connectivity index (χ2n) is 7.51. The molecule has 2 aromatic carbocycles. The van der Waals surface area contributed by atoms with Gasteiger partial charge in [0.25, 0.3) is 0 Å². The van der Waals surface area contributed by atoms with Gasteiger partial charge in [-0.15, -0.1) is 24.8 Å². The number of benzene rings is 2. The largest absolute Gasteiger partial charge is 0.489 e. The molecule has 27 heavy (non-hydrogen) atoms. The van der Waals surface area contributed by atoms with E-state index in [0.29, 0.717) is 12.6 Å². The van der Waals surface area contributed by atoms with Crippen LogP contribution in [-0.2, 0) is 13.2 Å². The number of para-hydroxylation sites is 1. The van der Waals surface area contributed by atoms with Crippen molar-refractivity contribution in [3.63, 3.8) is 0 Å². The quantitative estimate of drug-likeness (QED) is 0.781. The highest BCUT2D eigenvalue weighted by atomic mass is 35.5. The summed E-state index contributed by atoms with van der Waals surface area (Å²) in [5, 5.41) is 3.62. The average molecular weight is 409 g/mol. The van der Waals surface area contributed by atoms with E-state index in [1.54, 1.807) is 0 Å². The fourth-order valence-corrected chi connectivity index (χ4v) is 4.15. The number of fused-ring (bicyclic) bond motifs is 4. The van der Waals surface area contributed by atoms with Gasteiger partial charge in [0.15, 0.2) is 0 Å². The van der Waals surface area contributed by atoms with Crippen molar-refractivity contribution in [1.29, 1.82) is 0 Å². The summed E-state index contributed by atoms with van der Waals surface area (Å²) in [5.74, 6) is 1.83. The summed E-state index contributed by atoms with van der Waals surface area (Å²) in [6.07, 6.45) is 2.70. The zero-order chi connectivity index (χ0) is 17.1. The third kappa shape index (κ3) is 5.39. The molecule has 2 aromatic rings. The van der Waals surface area contributed by atoms with Crippen molar-refractivity contribution in [3.8, 4) is 5.75 Å². The van der Waals surface area contributed by atoms with Crippen molar-refractivity contribution in [2.75, 3.05) is 19.6 Å². The molecule has 0 saturated carbocycles. The van der Waals surface area contributed by atoms with Crippen LogP contribution in [0.2, 0.25) is 0 Å². The maximum absolute atomic E-state index is 6.21. The lowest BCUT2D eigenvalue weighted by atomic mass is 9.94. The first-order chi connectivity index (χ1) is 12.3. The third-order valence-electron chi connectivity index (χ3n) is 5.72. The second-order valence-corrected chi connectivity index (χ2v) is 7.51. The van der Waals surface area contributed by atoms with Gasteiger partial charge in [-0.25, -0.2) is 0 Å². The lowest BCUT2D eigenvalue weighted by molar-refractivity contribution is 0.124. The molecule has 3 nitrogen and oxygen atoms in total. The van der Waals surface area contributed by atoms with Crippen molar-refractivity contribution in [1.82, 2.24) is 10.2 Å². The third-order valence-corrected chi connectivity index (χ3v) is 5.72. The van der Waals surface area contributed by atoms with Crippen molar-refractivity contribution in [2.24, 2.45) is 5.92 Å². The topological polar surface area (TPSA) is 24.5 Å². The van der Waals surface area contributed by atoms with E-state index in [1.165, 1.54) is 42.6 Å². The summed E-state index contributed by atoms with van der Waals surface area (Å²) in [6, 6.07) is 17.7. The highest BCUT2D eigenvalue weighted by Gasteiger charge is 2.31. The molecular weight excluding hydrogens is 379 g/mol. The van der Waals surface area contributed by atoms with Gasteiger partial charge in [-0.05, 0) is 49.4 Å². The lowest BCUT2D eigenvalue weighted by Gasteiger charge is -2.36. The van der Waals surface area contributed by atoms with Crippen LogP contribution < -0.4 is 10.1 Å². The molecule has 0 radical (unpaired) electrons. The summed E-state index contributed by atoms with van der Waals surface area (Å²) in [4.78, 5) is 2.66. The van der Waals surface area contributed by atoms with Crippen LogP contribution in [0.5, 0.6) is 5.75 Å². The van der Waals surface area contributed by atoms with Gasteiger partial charge >= 0.3 is 0 Å². The highest BCUT2D eigenvalue weighted by Crippen LogP contribution is 2.28. The number of aryl methyl sites for hydroxylation is 1. The second kappa shape index (κ2) is 10.3. The summed E-state index contributed by atoms with van der Waals surface area (Å²) in [5.41, 5.74) is 3.86. The summed E-state index contributed by atoms with van der Waals surface area (Å²) >= 11 is 0. The average Bonchev–Trinajstić information content (AvgIpc) is 2.98. The van der Waals surface area contributed by atoms with Crippen molar-refractivity contribution in [2.45, 2.75) is 39.0 Å². The number of hydrogen-bond donors (Lipinski definition) is 1. The van der Waals surface area contributed by atoms with E-state index in [0.717, 1.165) is 24.8 Å². The van der Waals surface area contributed by atoms with Gasteiger partial charge < -0.3 is 10.1 Å². The van der Waals surface area contributed by atoms with Gasteiger partial charge in [-0.2, -0.15) is 0 Å².